The number of carbonyl (C=O) groups excluding carboxylic acids is 2. The number of carbonyl (C=O) groups is 2. The Hall–Kier alpha value is -5.21. The van der Waals surface area contributed by atoms with Crippen LogP contribution in [0.4, 0.5) is 5.95 Å². The third kappa shape index (κ3) is 3.89. The number of tetrazole rings is 1. The molecule has 1 aliphatic heterocycles. The van der Waals surface area contributed by atoms with Gasteiger partial charge in [-0.3, -0.25) is 9.59 Å². The summed E-state index contributed by atoms with van der Waals surface area (Å²) in [5.74, 6) is -4.83. The van der Waals surface area contributed by atoms with Gasteiger partial charge in [-0.2, -0.15) is 9.78 Å². The molecule has 0 spiro atoms. The Morgan fingerprint density at radius 1 is 1.16 bits per heavy atom. The van der Waals surface area contributed by atoms with E-state index in [0.29, 0.717) is 5.82 Å². The van der Waals surface area contributed by atoms with Gasteiger partial charge in [0.1, 0.15) is 17.9 Å². The molecule has 5 aromatic rings. The molecule has 1 amide bonds. The van der Waals surface area contributed by atoms with Crippen molar-refractivity contribution in [2.24, 2.45) is 0 Å². The molecule has 1 N–H and O–H groups in total. The van der Waals surface area contributed by atoms with E-state index in [-0.39, 0.29) is 27.4 Å². The van der Waals surface area contributed by atoms with Crippen LogP contribution in [0.25, 0.3) is 22.5 Å². The SMILES string of the molecule is [2H]C([2H])([2H])Oc1cnc(-n2cnc(C)n2)c2[nH]cc(C(=O)C(=O)N3C([2H])([2H])C([2H])([2H])N(c4nnnn4-c4ccccn4)C([2H])([2H])C3([2H])[2H])c12. The van der Waals surface area contributed by atoms with Crippen molar-refractivity contribution < 1.29 is 29.4 Å². The number of methoxy groups -OCH3 is 1. The summed E-state index contributed by atoms with van der Waals surface area (Å²) >= 11 is 0. The van der Waals surface area contributed by atoms with Crippen molar-refractivity contribution in [1.29, 1.82) is 0 Å². The molecule has 5 aromatic heterocycles. The Bertz CT molecular complexity index is 2070. The zero-order valence-corrected chi connectivity index (χ0v) is 19.2. The number of nitrogens with zero attached hydrogens (tertiary/aromatic N) is 11. The number of amides is 1. The number of ketones is 1. The largest absolute Gasteiger partial charge is 0.494 e. The van der Waals surface area contributed by atoms with Gasteiger partial charge in [-0.15, -0.1) is 0 Å². The van der Waals surface area contributed by atoms with E-state index in [1.54, 1.807) is 6.92 Å². The number of fused-ring (bicyclic) bond motifs is 1. The average molecular weight is 526 g/mol. The number of H-pyrrole nitrogens is 1. The summed E-state index contributed by atoms with van der Waals surface area (Å²) < 4.78 is 99.5. The molecule has 0 radical (unpaired) electrons. The molecular weight excluding hydrogens is 492 g/mol. The minimum atomic E-state index is -3.81. The van der Waals surface area contributed by atoms with E-state index >= 15 is 0 Å². The Morgan fingerprint density at radius 2 is 2.03 bits per heavy atom. The van der Waals surface area contributed by atoms with Gasteiger partial charge in [0.15, 0.2) is 11.6 Å². The maximum absolute atomic E-state index is 14.0. The van der Waals surface area contributed by atoms with E-state index in [1.165, 1.54) is 35.4 Å². The molecule has 0 unspecified atom stereocenters. The maximum Gasteiger partial charge on any atom is 0.295 e. The molecule has 15 heteroatoms. The minimum absolute atomic E-state index is 0.00500. The number of nitrogens with one attached hydrogen (secondary N) is 1. The lowest BCUT2D eigenvalue weighted by atomic mass is 10.1. The highest BCUT2D eigenvalue weighted by Crippen LogP contribution is 2.32. The van der Waals surface area contributed by atoms with Crippen LogP contribution in [0.5, 0.6) is 5.75 Å². The number of aromatic amines is 1. The minimum Gasteiger partial charge on any atom is -0.494 e. The number of Topliss-reactive ketones (excluding diaryl/α,β-unsaturated/α-hetero) is 1. The summed E-state index contributed by atoms with van der Waals surface area (Å²) in [7, 11) is -3.08. The Kier molecular flexibility index (Phi) is 3.42. The molecule has 0 aromatic carbocycles. The summed E-state index contributed by atoms with van der Waals surface area (Å²) in [6.45, 7) is -13.4. The number of anilines is 1. The van der Waals surface area contributed by atoms with Gasteiger partial charge in [-0.1, -0.05) is 11.2 Å². The lowest BCUT2D eigenvalue weighted by Crippen LogP contribution is -2.51. The highest BCUT2D eigenvalue weighted by atomic mass is 16.5. The van der Waals surface area contributed by atoms with Crippen molar-refractivity contribution in [3.8, 4) is 17.4 Å². The second-order valence-corrected chi connectivity index (χ2v) is 7.57. The average Bonchev–Trinajstić information content (AvgIpc) is 3.76. The van der Waals surface area contributed by atoms with Crippen LogP contribution in [0, 0.1) is 6.92 Å². The first-order chi connectivity index (χ1) is 22.7. The number of hydrogen-bond donors (Lipinski definition) is 1. The zero-order valence-electron chi connectivity index (χ0n) is 30.2. The van der Waals surface area contributed by atoms with E-state index in [4.69, 9.17) is 19.8 Å². The van der Waals surface area contributed by atoms with E-state index in [1.807, 2.05) is 0 Å². The number of rotatable bonds is 6. The number of piperazine rings is 1. The van der Waals surface area contributed by atoms with Crippen LogP contribution >= 0.6 is 0 Å². The molecule has 192 valence electrons. The fraction of sp³-hybridized carbons (Fsp3) is 0.261. The molecule has 6 heterocycles. The highest BCUT2D eigenvalue weighted by Gasteiger charge is 2.31. The summed E-state index contributed by atoms with van der Waals surface area (Å²) in [4.78, 5) is 42.2. The van der Waals surface area contributed by atoms with Crippen molar-refractivity contribution in [2.45, 2.75) is 6.92 Å². The molecule has 15 nitrogen and oxygen atoms in total. The summed E-state index contributed by atoms with van der Waals surface area (Å²) in [5.41, 5.74) is -0.750. The first-order valence-electron chi connectivity index (χ1n) is 16.2. The van der Waals surface area contributed by atoms with Gasteiger partial charge in [-0.05, 0) is 29.5 Å². The van der Waals surface area contributed by atoms with Gasteiger partial charge in [0.25, 0.3) is 17.6 Å². The van der Waals surface area contributed by atoms with Gasteiger partial charge >= 0.3 is 0 Å². The molecule has 0 atom stereocenters. The van der Waals surface area contributed by atoms with Gasteiger partial charge in [0.05, 0.1) is 44.8 Å². The smallest absolute Gasteiger partial charge is 0.295 e. The summed E-state index contributed by atoms with van der Waals surface area (Å²) in [5, 5.41) is 14.5. The summed E-state index contributed by atoms with van der Waals surface area (Å²) in [6, 6.07) is 4.40. The van der Waals surface area contributed by atoms with E-state index in [2.05, 4.69) is 40.6 Å². The molecule has 1 fully saturated rings. The molecular formula is C23H22N12O3. The standard InChI is InChI=1S/C23H22N12O3/c1-14-27-13-34(29-14)21-19-18(16(38-2)12-26-21)15(11-25-19)20(36)22(37)32-7-9-33(10-8-32)23-28-30-31-35(23)17-5-3-4-6-24-17/h3-6,11-13,25H,7-10H2,1-2H3/i2D3,7D2,8D2,9D2,10D2. The quantitative estimate of drug-likeness (QED) is 0.240. The third-order valence-corrected chi connectivity index (χ3v) is 5.30. The van der Waals surface area contributed by atoms with Crippen molar-refractivity contribution in [3.63, 3.8) is 0 Å². The Labute approximate surface area is 230 Å². The topological polar surface area (TPSA) is 166 Å². The van der Waals surface area contributed by atoms with E-state index in [9.17, 15) is 9.59 Å². The number of hydrogen-bond acceptors (Lipinski definition) is 11. The second kappa shape index (κ2) is 9.34. The van der Waals surface area contributed by atoms with Gasteiger partial charge in [-0.25, -0.2) is 19.6 Å². The lowest BCUT2D eigenvalue weighted by molar-refractivity contribution is -0.126. The normalized spacial score (nSPS) is 23.7. The number of ether oxygens (including phenoxy) is 1. The highest BCUT2D eigenvalue weighted by molar-refractivity contribution is 6.45. The van der Waals surface area contributed by atoms with Gasteiger partial charge < -0.3 is 19.5 Å². The predicted octanol–water partition coefficient (Wildman–Crippen LogP) is 0.363. The maximum atomic E-state index is 14.0. The first-order valence-corrected chi connectivity index (χ1v) is 10.7. The van der Waals surface area contributed by atoms with Crippen LogP contribution in [0.15, 0.2) is 43.1 Å². The molecule has 1 aliphatic rings. The molecule has 38 heavy (non-hydrogen) atoms. The van der Waals surface area contributed by atoms with Gasteiger partial charge in [0, 0.05) is 38.4 Å². The Balaban J connectivity index is 1.48. The van der Waals surface area contributed by atoms with E-state index in [0.717, 1.165) is 17.1 Å². The molecule has 0 bridgehead atoms. The molecule has 0 saturated carbocycles. The number of aromatic nitrogens is 10. The fourth-order valence-corrected chi connectivity index (χ4v) is 3.61. The molecule has 6 rings (SSSR count). The monoisotopic (exact) mass is 525 g/mol. The lowest BCUT2D eigenvalue weighted by Gasteiger charge is -2.34. The van der Waals surface area contributed by atoms with Crippen LogP contribution in [0.2, 0.25) is 0 Å². The number of aryl methyl sites for hydroxylation is 1. The second-order valence-electron chi connectivity index (χ2n) is 7.57. The van der Waals surface area contributed by atoms with Crippen LogP contribution in [-0.2, 0) is 4.79 Å². The van der Waals surface area contributed by atoms with E-state index < -0.39 is 66.9 Å². The van der Waals surface area contributed by atoms with Crippen molar-refractivity contribution in [2.75, 3.05) is 37.9 Å². The van der Waals surface area contributed by atoms with Crippen LogP contribution in [0.3, 0.4) is 0 Å². The van der Waals surface area contributed by atoms with Crippen molar-refractivity contribution in [1.82, 2.24) is 54.8 Å². The number of pyridine rings is 2. The van der Waals surface area contributed by atoms with Crippen LogP contribution in [0.1, 0.15) is 31.3 Å². The zero-order chi connectivity index (χ0) is 35.9. The fourth-order valence-electron chi connectivity index (χ4n) is 3.61. The Morgan fingerprint density at radius 3 is 2.76 bits per heavy atom. The molecule has 0 aliphatic carbocycles. The van der Waals surface area contributed by atoms with Crippen LogP contribution < -0.4 is 9.64 Å². The van der Waals surface area contributed by atoms with Crippen molar-refractivity contribution >= 4 is 28.5 Å². The first kappa shape index (κ1) is 13.9. The van der Waals surface area contributed by atoms with Crippen molar-refractivity contribution in [3.05, 3.63) is 54.5 Å². The molecule has 1 saturated heterocycles. The summed E-state index contributed by atoms with van der Waals surface area (Å²) in [6.07, 6.45) is 4.43. The van der Waals surface area contributed by atoms with Crippen LogP contribution in [-0.4, -0.2) is 99.5 Å². The predicted molar refractivity (Wildman–Crippen MR) is 132 cm³/mol. The third-order valence-electron chi connectivity index (χ3n) is 5.30. The van der Waals surface area contributed by atoms with Gasteiger partial charge in [0.2, 0.25) is 0 Å².